The molecule has 0 aliphatic carbocycles. The minimum absolute atomic E-state index is 0. The molecule has 0 bridgehead atoms. The fourth-order valence-corrected chi connectivity index (χ4v) is 1.66. The molecule has 0 unspecified atom stereocenters. The normalized spacial score (nSPS) is 10.0. The van der Waals surface area contributed by atoms with Crippen molar-refractivity contribution in [1.82, 2.24) is 9.97 Å². The average molecular weight is 331 g/mol. The van der Waals surface area contributed by atoms with Gasteiger partial charge in [-0.3, -0.25) is 4.79 Å². The highest BCUT2D eigenvalue weighted by atomic mass is 35.5. The zero-order valence-corrected chi connectivity index (χ0v) is 12.2. The third-order valence-corrected chi connectivity index (χ3v) is 2.45. The number of nitrogens with zero attached hydrogens (tertiary/aromatic N) is 2. The maximum absolute atomic E-state index is 12.2. The molecule has 118 valence electrons. The van der Waals surface area contributed by atoms with Crippen LogP contribution in [0.2, 0.25) is 0 Å². The molecule has 0 saturated carbocycles. The highest BCUT2D eigenvalue weighted by Crippen LogP contribution is 2.27. The lowest BCUT2D eigenvalue weighted by atomic mass is 10.1. The Morgan fingerprint density at radius 1 is 1.41 bits per heavy atom. The van der Waals surface area contributed by atoms with Crippen LogP contribution < -0.4 is 15.8 Å². The molecule has 0 fully saturated rings. The first-order valence-electron chi connectivity index (χ1n) is 5.91. The summed E-state index contributed by atoms with van der Waals surface area (Å²) in [6.07, 6.45) is 1.40. The Labute approximate surface area is 131 Å². The smallest absolute Gasteiger partial charge is 0.388 e. The van der Waals surface area contributed by atoms with Crippen molar-refractivity contribution in [3.63, 3.8) is 0 Å². The molecule has 1 amide bonds. The van der Waals surface area contributed by atoms with Crippen LogP contribution in [0.1, 0.15) is 6.92 Å². The topological polar surface area (TPSA) is 90.1 Å². The first-order valence-corrected chi connectivity index (χ1v) is 5.91. The second-order valence-electron chi connectivity index (χ2n) is 4.08. The standard InChI is InChI=1S/C13H12F2N4O2.ClH/c1-7(20)18-11-5-9(16)8(6-17-11)10-3-2-4-12(19-10)21-13(14)15;/h2-6,13H,1H3,(H3,16,17,18,20);1H. The summed E-state index contributed by atoms with van der Waals surface area (Å²) in [5.74, 6) is -0.198. The lowest BCUT2D eigenvalue weighted by Crippen LogP contribution is -2.08. The maximum atomic E-state index is 12.2. The van der Waals surface area contributed by atoms with Crippen molar-refractivity contribution < 1.29 is 18.3 Å². The summed E-state index contributed by atoms with van der Waals surface area (Å²) in [7, 11) is 0. The number of rotatable bonds is 4. The number of anilines is 2. The zero-order chi connectivity index (χ0) is 15.4. The third-order valence-electron chi connectivity index (χ3n) is 2.45. The molecule has 0 spiro atoms. The Morgan fingerprint density at radius 2 is 2.14 bits per heavy atom. The second kappa shape index (κ2) is 7.51. The van der Waals surface area contributed by atoms with Gasteiger partial charge >= 0.3 is 6.61 Å². The van der Waals surface area contributed by atoms with Gasteiger partial charge in [0, 0.05) is 36.5 Å². The van der Waals surface area contributed by atoms with Crippen molar-refractivity contribution in [2.45, 2.75) is 13.5 Å². The maximum Gasteiger partial charge on any atom is 0.388 e. The van der Waals surface area contributed by atoms with Gasteiger partial charge in [-0.25, -0.2) is 9.97 Å². The fourth-order valence-electron chi connectivity index (χ4n) is 1.66. The number of hydrogen-bond donors (Lipinski definition) is 2. The molecule has 2 aromatic heterocycles. The van der Waals surface area contributed by atoms with Gasteiger partial charge in [-0.2, -0.15) is 8.78 Å². The molecule has 0 aliphatic rings. The van der Waals surface area contributed by atoms with Crippen LogP contribution in [0.5, 0.6) is 5.88 Å². The van der Waals surface area contributed by atoms with E-state index in [0.29, 0.717) is 22.8 Å². The van der Waals surface area contributed by atoms with E-state index in [1.807, 2.05) is 0 Å². The number of alkyl halides is 2. The number of nitrogen functional groups attached to an aromatic ring is 1. The number of halogens is 3. The van der Waals surface area contributed by atoms with Crippen molar-refractivity contribution in [2.75, 3.05) is 11.1 Å². The molecule has 2 aromatic rings. The molecule has 9 heteroatoms. The average Bonchev–Trinajstić information content (AvgIpc) is 2.37. The van der Waals surface area contributed by atoms with E-state index in [2.05, 4.69) is 20.0 Å². The van der Waals surface area contributed by atoms with E-state index in [-0.39, 0.29) is 24.2 Å². The Kier molecular flexibility index (Phi) is 6.00. The Balaban J connectivity index is 0.00000242. The molecule has 2 heterocycles. The van der Waals surface area contributed by atoms with Gasteiger partial charge in [0.15, 0.2) is 0 Å². The molecular formula is C13H13ClF2N4O2. The van der Waals surface area contributed by atoms with Crippen LogP contribution in [-0.2, 0) is 4.79 Å². The van der Waals surface area contributed by atoms with Crippen LogP contribution in [0.4, 0.5) is 20.3 Å². The molecule has 0 aliphatic heterocycles. The minimum Gasteiger partial charge on any atom is -0.417 e. The Hall–Kier alpha value is -2.48. The van der Waals surface area contributed by atoms with Crippen molar-refractivity contribution in [3.8, 4) is 17.1 Å². The van der Waals surface area contributed by atoms with Crippen molar-refractivity contribution in [3.05, 3.63) is 30.5 Å². The van der Waals surface area contributed by atoms with E-state index in [9.17, 15) is 13.6 Å². The molecule has 22 heavy (non-hydrogen) atoms. The van der Waals surface area contributed by atoms with E-state index < -0.39 is 6.61 Å². The highest BCUT2D eigenvalue weighted by Gasteiger charge is 2.10. The summed E-state index contributed by atoms with van der Waals surface area (Å²) in [5.41, 5.74) is 6.95. The number of amides is 1. The number of carbonyl (C=O) groups excluding carboxylic acids is 1. The van der Waals surface area contributed by atoms with Gasteiger partial charge in [0.1, 0.15) is 5.82 Å². The second-order valence-corrected chi connectivity index (χ2v) is 4.08. The van der Waals surface area contributed by atoms with E-state index in [1.165, 1.54) is 31.3 Å². The van der Waals surface area contributed by atoms with E-state index in [0.717, 1.165) is 0 Å². The molecular weight excluding hydrogens is 318 g/mol. The first-order chi connectivity index (χ1) is 9.95. The number of nitrogens with two attached hydrogens (primary N) is 1. The molecule has 3 N–H and O–H groups in total. The zero-order valence-electron chi connectivity index (χ0n) is 11.4. The summed E-state index contributed by atoms with van der Waals surface area (Å²) >= 11 is 0. The monoisotopic (exact) mass is 330 g/mol. The van der Waals surface area contributed by atoms with Gasteiger partial charge < -0.3 is 15.8 Å². The van der Waals surface area contributed by atoms with E-state index in [1.54, 1.807) is 6.07 Å². The predicted octanol–water partition coefficient (Wildman–Crippen LogP) is 2.71. The van der Waals surface area contributed by atoms with Crippen molar-refractivity contribution in [1.29, 1.82) is 0 Å². The Morgan fingerprint density at radius 3 is 2.73 bits per heavy atom. The largest absolute Gasteiger partial charge is 0.417 e. The number of ether oxygens (including phenoxy) is 1. The molecule has 6 nitrogen and oxygen atoms in total. The molecule has 0 atom stereocenters. The summed E-state index contributed by atoms with van der Waals surface area (Å²) < 4.78 is 28.6. The minimum atomic E-state index is -2.95. The molecule has 2 rings (SSSR count). The lowest BCUT2D eigenvalue weighted by molar-refractivity contribution is -0.114. The van der Waals surface area contributed by atoms with Gasteiger partial charge in [-0.15, -0.1) is 12.4 Å². The van der Waals surface area contributed by atoms with Gasteiger partial charge in [0.05, 0.1) is 5.69 Å². The fraction of sp³-hybridized carbons (Fsp3) is 0.154. The molecule has 0 saturated heterocycles. The first kappa shape index (κ1) is 17.6. The number of hydrogen-bond acceptors (Lipinski definition) is 5. The summed E-state index contributed by atoms with van der Waals surface area (Å²) in [6.45, 7) is -1.61. The van der Waals surface area contributed by atoms with Crippen LogP contribution in [0, 0.1) is 0 Å². The van der Waals surface area contributed by atoms with Crippen LogP contribution in [0.3, 0.4) is 0 Å². The number of pyridine rings is 2. The highest BCUT2D eigenvalue weighted by molar-refractivity contribution is 5.89. The lowest BCUT2D eigenvalue weighted by Gasteiger charge is -2.09. The van der Waals surface area contributed by atoms with Crippen molar-refractivity contribution >= 4 is 29.8 Å². The molecule has 0 aromatic carbocycles. The summed E-state index contributed by atoms with van der Waals surface area (Å²) in [4.78, 5) is 18.9. The SMILES string of the molecule is CC(=O)Nc1cc(N)c(-c2cccc(OC(F)F)n2)cn1.Cl. The predicted molar refractivity (Wildman–Crippen MR) is 80.1 cm³/mol. The quantitative estimate of drug-likeness (QED) is 0.899. The van der Waals surface area contributed by atoms with Crippen molar-refractivity contribution in [2.24, 2.45) is 0 Å². The number of nitrogens with one attached hydrogen (secondary N) is 1. The van der Waals surface area contributed by atoms with Crippen LogP contribution >= 0.6 is 12.4 Å². The number of carbonyl (C=O) groups is 1. The van der Waals surface area contributed by atoms with Gasteiger partial charge in [0.2, 0.25) is 11.8 Å². The van der Waals surface area contributed by atoms with Crippen LogP contribution in [-0.4, -0.2) is 22.5 Å². The molecule has 0 radical (unpaired) electrons. The van der Waals surface area contributed by atoms with Gasteiger partial charge in [-0.05, 0) is 6.07 Å². The van der Waals surface area contributed by atoms with Gasteiger partial charge in [-0.1, -0.05) is 6.07 Å². The Bertz CT molecular complexity index is 670. The number of aromatic nitrogens is 2. The third kappa shape index (κ3) is 4.52. The summed E-state index contributed by atoms with van der Waals surface area (Å²) in [5, 5.41) is 2.49. The van der Waals surface area contributed by atoms with E-state index >= 15 is 0 Å². The summed E-state index contributed by atoms with van der Waals surface area (Å²) in [6, 6.07) is 5.87. The van der Waals surface area contributed by atoms with E-state index in [4.69, 9.17) is 5.73 Å². The van der Waals surface area contributed by atoms with Crippen LogP contribution in [0.15, 0.2) is 30.5 Å². The van der Waals surface area contributed by atoms with Gasteiger partial charge in [0.25, 0.3) is 0 Å². The van der Waals surface area contributed by atoms with Crippen LogP contribution in [0.25, 0.3) is 11.3 Å².